The number of nitrogens with zero attached hydrogens (tertiary/aromatic N) is 1. The summed E-state index contributed by atoms with van der Waals surface area (Å²) in [7, 11) is 1.47. The first-order valence-corrected chi connectivity index (χ1v) is 10.8. The molecule has 0 bridgehead atoms. The SMILES string of the molecule is CCNC(=O)Nc1ccc(Oc2ccnc3cc(OC)c(C(=O)NCCOCC)cc23)cc1F. The molecule has 10 heteroatoms. The van der Waals surface area contributed by atoms with Crippen LogP contribution in [0.2, 0.25) is 0 Å². The zero-order valence-corrected chi connectivity index (χ0v) is 19.2. The molecule has 0 aliphatic carbocycles. The van der Waals surface area contributed by atoms with Crippen molar-refractivity contribution in [2.75, 3.05) is 38.7 Å². The first kappa shape index (κ1) is 24.7. The van der Waals surface area contributed by atoms with Gasteiger partial charge in [-0.05, 0) is 38.1 Å². The molecule has 0 saturated carbocycles. The van der Waals surface area contributed by atoms with Gasteiger partial charge in [0.15, 0.2) is 0 Å². The smallest absolute Gasteiger partial charge is 0.319 e. The molecule has 180 valence electrons. The van der Waals surface area contributed by atoms with Crippen molar-refractivity contribution in [1.82, 2.24) is 15.6 Å². The number of pyridine rings is 1. The largest absolute Gasteiger partial charge is 0.496 e. The summed E-state index contributed by atoms with van der Waals surface area (Å²) >= 11 is 0. The second-order valence-electron chi connectivity index (χ2n) is 7.06. The second kappa shape index (κ2) is 11.8. The van der Waals surface area contributed by atoms with Crippen LogP contribution in [0.4, 0.5) is 14.9 Å². The monoisotopic (exact) mass is 470 g/mol. The molecule has 0 spiro atoms. The zero-order valence-electron chi connectivity index (χ0n) is 19.2. The van der Waals surface area contributed by atoms with E-state index in [9.17, 15) is 14.0 Å². The van der Waals surface area contributed by atoms with E-state index < -0.39 is 11.8 Å². The van der Waals surface area contributed by atoms with Crippen LogP contribution in [0.5, 0.6) is 17.2 Å². The maximum absolute atomic E-state index is 14.5. The minimum absolute atomic E-state index is 0.0219. The fourth-order valence-electron chi connectivity index (χ4n) is 3.17. The number of aromatic nitrogens is 1. The molecule has 0 atom stereocenters. The Hall–Kier alpha value is -3.92. The summed E-state index contributed by atoms with van der Waals surface area (Å²) in [4.78, 5) is 28.7. The number of hydrogen-bond donors (Lipinski definition) is 3. The lowest BCUT2D eigenvalue weighted by molar-refractivity contribution is 0.0920. The van der Waals surface area contributed by atoms with Crippen molar-refractivity contribution in [3.05, 3.63) is 54.0 Å². The summed E-state index contributed by atoms with van der Waals surface area (Å²) in [5.41, 5.74) is 0.862. The number of methoxy groups -OCH3 is 1. The number of urea groups is 1. The number of anilines is 1. The summed E-state index contributed by atoms with van der Waals surface area (Å²) < 4.78 is 31.0. The molecule has 0 saturated heterocycles. The number of rotatable bonds is 10. The molecular weight excluding hydrogens is 443 g/mol. The molecule has 3 rings (SSSR count). The lowest BCUT2D eigenvalue weighted by atomic mass is 10.1. The van der Waals surface area contributed by atoms with Gasteiger partial charge in [0.2, 0.25) is 0 Å². The van der Waals surface area contributed by atoms with Crippen LogP contribution in [0, 0.1) is 5.82 Å². The number of ether oxygens (including phenoxy) is 3. The molecule has 1 aromatic heterocycles. The van der Waals surface area contributed by atoms with Crippen LogP contribution in [0.15, 0.2) is 42.6 Å². The van der Waals surface area contributed by atoms with Crippen LogP contribution in [0.3, 0.4) is 0 Å². The van der Waals surface area contributed by atoms with Crippen LogP contribution in [-0.4, -0.2) is 50.3 Å². The third-order valence-electron chi connectivity index (χ3n) is 4.76. The van der Waals surface area contributed by atoms with Crippen molar-refractivity contribution < 1.29 is 28.2 Å². The molecule has 0 fully saturated rings. The summed E-state index contributed by atoms with van der Waals surface area (Å²) in [5.74, 6) is -0.0408. The van der Waals surface area contributed by atoms with Gasteiger partial charge in [0.1, 0.15) is 23.1 Å². The maximum Gasteiger partial charge on any atom is 0.319 e. The van der Waals surface area contributed by atoms with Crippen molar-refractivity contribution in [3.8, 4) is 17.2 Å². The van der Waals surface area contributed by atoms with Gasteiger partial charge < -0.3 is 30.2 Å². The minimum Gasteiger partial charge on any atom is -0.496 e. The fourth-order valence-corrected chi connectivity index (χ4v) is 3.17. The van der Waals surface area contributed by atoms with Crippen LogP contribution in [0.25, 0.3) is 10.9 Å². The van der Waals surface area contributed by atoms with Gasteiger partial charge in [-0.15, -0.1) is 0 Å². The molecule has 9 nitrogen and oxygen atoms in total. The third-order valence-corrected chi connectivity index (χ3v) is 4.76. The van der Waals surface area contributed by atoms with Gasteiger partial charge in [-0.2, -0.15) is 0 Å². The highest BCUT2D eigenvalue weighted by molar-refractivity contribution is 6.02. The predicted octanol–water partition coefficient (Wildman–Crippen LogP) is 4.08. The van der Waals surface area contributed by atoms with Gasteiger partial charge in [-0.3, -0.25) is 9.78 Å². The van der Waals surface area contributed by atoms with E-state index in [-0.39, 0.29) is 17.3 Å². The molecule has 3 aromatic rings. The van der Waals surface area contributed by atoms with E-state index in [2.05, 4.69) is 20.9 Å². The molecule has 0 radical (unpaired) electrons. The lowest BCUT2D eigenvalue weighted by Gasteiger charge is -2.14. The topological polar surface area (TPSA) is 111 Å². The van der Waals surface area contributed by atoms with Gasteiger partial charge in [-0.1, -0.05) is 0 Å². The third kappa shape index (κ3) is 6.10. The number of halogens is 1. The number of amides is 3. The van der Waals surface area contributed by atoms with E-state index in [1.54, 1.807) is 31.3 Å². The molecule has 34 heavy (non-hydrogen) atoms. The van der Waals surface area contributed by atoms with E-state index in [0.717, 1.165) is 0 Å². The lowest BCUT2D eigenvalue weighted by Crippen LogP contribution is -2.28. The Bertz CT molecular complexity index is 1170. The minimum atomic E-state index is -0.654. The number of hydrogen-bond acceptors (Lipinski definition) is 6. The molecular formula is C24H27FN4O5. The number of nitrogens with one attached hydrogen (secondary N) is 3. The first-order valence-electron chi connectivity index (χ1n) is 10.8. The summed E-state index contributed by atoms with van der Waals surface area (Å²) in [6.07, 6.45) is 1.54. The maximum atomic E-state index is 14.5. The Kier molecular flexibility index (Phi) is 8.58. The Labute approximate surface area is 196 Å². The quantitative estimate of drug-likeness (QED) is 0.385. The van der Waals surface area contributed by atoms with Gasteiger partial charge in [0.25, 0.3) is 5.91 Å². The second-order valence-corrected chi connectivity index (χ2v) is 7.06. The molecule has 0 aliphatic rings. The number of carbonyl (C=O) groups excluding carboxylic acids is 2. The Morgan fingerprint density at radius 2 is 1.88 bits per heavy atom. The summed E-state index contributed by atoms with van der Waals surface area (Å²) in [6.45, 7) is 5.36. The first-order chi connectivity index (χ1) is 16.5. The molecule has 2 aromatic carbocycles. The number of carbonyl (C=O) groups is 2. The van der Waals surface area contributed by atoms with E-state index in [1.807, 2.05) is 6.92 Å². The fraction of sp³-hybridized carbons (Fsp3) is 0.292. The molecule has 1 heterocycles. The normalized spacial score (nSPS) is 10.6. The van der Waals surface area contributed by atoms with E-state index in [4.69, 9.17) is 14.2 Å². The molecule has 0 aliphatic heterocycles. The molecule has 0 unspecified atom stereocenters. The zero-order chi connectivity index (χ0) is 24.5. The van der Waals surface area contributed by atoms with Crippen molar-refractivity contribution in [2.45, 2.75) is 13.8 Å². The van der Waals surface area contributed by atoms with Gasteiger partial charge >= 0.3 is 6.03 Å². The predicted molar refractivity (Wildman–Crippen MR) is 126 cm³/mol. The van der Waals surface area contributed by atoms with Crippen molar-refractivity contribution in [2.24, 2.45) is 0 Å². The van der Waals surface area contributed by atoms with Crippen molar-refractivity contribution in [1.29, 1.82) is 0 Å². The highest BCUT2D eigenvalue weighted by Gasteiger charge is 2.17. The number of benzene rings is 2. The standard InChI is InChI=1S/C24H27FN4O5/c1-4-26-24(31)29-19-7-6-15(12-18(19)25)34-21-8-9-27-20-14-22(32-3)17(13-16(20)21)23(30)28-10-11-33-5-2/h6-9,12-14H,4-5,10-11H2,1-3H3,(H,28,30)(H2,26,29,31). The van der Waals surface area contributed by atoms with Gasteiger partial charge in [0.05, 0.1) is 30.5 Å². The summed E-state index contributed by atoms with van der Waals surface area (Å²) in [6, 6.07) is 8.47. The molecule has 3 N–H and O–H groups in total. The van der Waals surface area contributed by atoms with Crippen LogP contribution < -0.4 is 25.4 Å². The average molecular weight is 471 g/mol. The Balaban J connectivity index is 1.87. The van der Waals surface area contributed by atoms with Crippen molar-refractivity contribution in [3.63, 3.8) is 0 Å². The van der Waals surface area contributed by atoms with E-state index in [1.165, 1.54) is 25.3 Å². The van der Waals surface area contributed by atoms with Crippen LogP contribution in [-0.2, 0) is 4.74 Å². The van der Waals surface area contributed by atoms with Gasteiger partial charge in [0, 0.05) is 43.4 Å². The average Bonchev–Trinajstić information content (AvgIpc) is 2.83. The highest BCUT2D eigenvalue weighted by atomic mass is 19.1. The van der Waals surface area contributed by atoms with Crippen LogP contribution in [0.1, 0.15) is 24.2 Å². The Morgan fingerprint density at radius 1 is 1.06 bits per heavy atom. The van der Waals surface area contributed by atoms with E-state index >= 15 is 0 Å². The van der Waals surface area contributed by atoms with Crippen LogP contribution >= 0.6 is 0 Å². The number of fused-ring (bicyclic) bond motifs is 1. The summed E-state index contributed by atoms with van der Waals surface area (Å²) in [5, 5.41) is 8.30. The Morgan fingerprint density at radius 3 is 2.59 bits per heavy atom. The highest BCUT2D eigenvalue weighted by Crippen LogP contribution is 2.34. The van der Waals surface area contributed by atoms with Gasteiger partial charge in [-0.25, -0.2) is 9.18 Å². The van der Waals surface area contributed by atoms with Crippen molar-refractivity contribution >= 4 is 28.5 Å². The molecule has 3 amide bonds. The van der Waals surface area contributed by atoms with E-state index in [0.29, 0.717) is 54.3 Å².